The summed E-state index contributed by atoms with van der Waals surface area (Å²) < 4.78 is 12.5. The first-order valence-electron chi connectivity index (χ1n) is 7.66. The highest BCUT2D eigenvalue weighted by molar-refractivity contribution is 9.09. The average Bonchev–Trinajstić information content (AvgIpc) is 3.09. The quantitative estimate of drug-likeness (QED) is 0.416. The van der Waals surface area contributed by atoms with Crippen LogP contribution in [0.5, 0.6) is 0 Å². The third kappa shape index (κ3) is 3.62. The van der Waals surface area contributed by atoms with Crippen molar-refractivity contribution in [3.05, 3.63) is 17.8 Å². The maximum atomic E-state index is 11.5. The Hall–Kier alpha value is -1.74. The highest BCUT2D eigenvalue weighted by Crippen LogP contribution is 2.43. The van der Waals surface area contributed by atoms with E-state index in [4.69, 9.17) is 21.1 Å². The van der Waals surface area contributed by atoms with Crippen molar-refractivity contribution in [3.63, 3.8) is 0 Å². The molecule has 0 unspecified atom stereocenters. The molecular formula is C15H16BrClN4O4. The number of halogens is 2. The van der Waals surface area contributed by atoms with Crippen LogP contribution in [0.3, 0.4) is 0 Å². The van der Waals surface area contributed by atoms with E-state index in [1.807, 2.05) is 4.57 Å². The number of alkyl halides is 1. The lowest BCUT2D eigenvalue weighted by Gasteiger charge is -2.22. The average molecular weight is 432 g/mol. The van der Waals surface area contributed by atoms with Gasteiger partial charge < -0.3 is 14.0 Å². The van der Waals surface area contributed by atoms with E-state index in [2.05, 4.69) is 30.9 Å². The van der Waals surface area contributed by atoms with E-state index in [1.54, 1.807) is 6.33 Å². The molecule has 0 bridgehead atoms. The van der Waals surface area contributed by atoms with Crippen LogP contribution in [-0.2, 0) is 19.1 Å². The zero-order valence-corrected chi connectivity index (χ0v) is 15.9. The number of carbonyl (C=O) groups is 2. The number of aromatic nitrogens is 4. The van der Waals surface area contributed by atoms with Crippen LogP contribution in [0.1, 0.15) is 26.3 Å². The molecule has 0 amide bonds. The highest BCUT2D eigenvalue weighted by Gasteiger charge is 2.46. The number of hydrogen-bond acceptors (Lipinski definition) is 7. The molecule has 10 heteroatoms. The molecule has 25 heavy (non-hydrogen) atoms. The van der Waals surface area contributed by atoms with E-state index in [-0.39, 0.29) is 40.5 Å². The van der Waals surface area contributed by atoms with Gasteiger partial charge in [0, 0.05) is 19.8 Å². The Bertz CT molecular complexity index is 814. The van der Waals surface area contributed by atoms with Crippen LogP contribution in [0.2, 0.25) is 5.15 Å². The van der Waals surface area contributed by atoms with Crippen molar-refractivity contribution in [2.75, 3.05) is 6.61 Å². The van der Waals surface area contributed by atoms with Gasteiger partial charge in [0.1, 0.15) is 17.9 Å². The van der Waals surface area contributed by atoms with Crippen molar-refractivity contribution in [1.82, 2.24) is 19.5 Å². The largest absolute Gasteiger partial charge is 0.465 e. The Labute approximate surface area is 157 Å². The molecule has 2 aromatic rings. The van der Waals surface area contributed by atoms with E-state index in [9.17, 15) is 9.59 Å². The van der Waals surface area contributed by atoms with Crippen molar-refractivity contribution < 1.29 is 19.1 Å². The van der Waals surface area contributed by atoms with E-state index in [0.717, 1.165) is 0 Å². The van der Waals surface area contributed by atoms with Crippen molar-refractivity contribution in [3.8, 4) is 0 Å². The first-order valence-corrected chi connectivity index (χ1v) is 8.95. The lowest BCUT2D eigenvalue weighted by atomic mass is 10.1. The summed E-state index contributed by atoms with van der Waals surface area (Å²) in [6.07, 6.45) is 3.20. The molecule has 0 N–H and O–H groups in total. The molecule has 2 aromatic heterocycles. The fourth-order valence-electron chi connectivity index (χ4n) is 3.13. The molecule has 0 aromatic carbocycles. The predicted octanol–water partition coefficient (Wildman–Crippen LogP) is 2.30. The number of esters is 2. The van der Waals surface area contributed by atoms with E-state index < -0.39 is 6.10 Å². The van der Waals surface area contributed by atoms with E-state index in [0.29, 0.717) is 17.6 Å². The molecular weight excluding hydrogens is 416 g/mol. The van der Waals surface area contributed by atoms with Gasteiger partial charge >= 0.3 is 11.9 Å². The van der Waals surface area contributed by atoms with Gasteiger partial charge in [0.2, 0.25) is 0 Å². The summed E-state index contributed by atoms with van der Waals surface area (Å²) in [4.78, 5) is 34.9. The Balaban J connectivity index is 1.91. The smallest absolute Gasteiger partial charge is 0.302 e. The third-order valence-electron chi connectivity index (χ3n) is 4.16. The van der Waals surface area contributed by atoms with Gasteiger partial charge in [-0.05, 0) is 6.42 Å². The Morgan fingerprint density at radius 3 is 2.76 bits per heavy atom. The molecule has 134 valence electrons. The fourth-order valence-corrected chi connectivity index (χ4v) is 4.31. The van der Waals surface area contributed by atoms with Gasteiger partial charge in [-0.1, -0.05) is 27.5 Å². The van der Waals surface area contributed by atoms with Gasteiger partial charge in [-0.15, -0.1) is 0 Å². The maximum Gasteiger partial charge on any atom is 0.302 e. The lowest BCUT2D eigenvalue weighted by molar-refractivity contribution is -0.150. The zero-order valence-electron chi connectivity index (χ0n) is 13.6. The van der Waals surface area contributed by atoms with Gasteiger partial charge in [0.05, 0.1) is 23.8 Å². The summed E-state index contributed by atoms with van der Waals surface area (Å²) >= 11 is 9.69. The Kier molecular flexibility index (Phi) is 5.24. The van der Waals surface area contributed by atoms with Gasteiger partial charge in [-0.3, -0.25) is 9.59 Å². The fraction of sp³-hybridized carbons (Fsp3) is 0.533. The van der Waals surface area contributed by atoms with Gasteiger partial charge in [-0.25, -0.2) is 15.0 Å². The molecule has 0 aliphatic heterocycles. The summed E-state index contributed by atoms with van der Waals surface area (Å²) in [7, 11) is 0. The molecule has 0 radical (unpaired) electrons. The molecule has 3 rings (SSSR count). The Morgan fingerprint density at radius 1 is 1.32 bits per heavy atom. The van der Waals surface area contributed by atoms with Crippen LogP contribution in [0.25, 0.3) is 11.2 Å². The minimum atomic E-state index is -0.434. The second kappa shape index (κ2) is 7.25. The van der Waals surface area contributed by atoms with Crippen molar-refractivity contribution in [1.29, 1.82) is 0 Å². The summed E-state index contributed by atoms with van der Waals surface area (Å²) in [5.41, 5.74) is 1.11. The molecule has 2 heterocycles. The number of imidazole rings is 1. The van der Waals surface area contributed by atoms with E-state index in [1.165, 1.54) is 20.2 Å². The molecule has 1 fully saturated rings. The lowest BCUT2D eigenvalue weighted by Crippen LogP contribution is -2.31. The first-order chi connectivity index (χ1) is 11.9. The topological polar surface area (TPSA) is 96.2 Å². The van der Waals surface area contributed by atoms with Crippen molar-refractivity contribution >= 4 is 50.6 Å². The zero-order chi connectivity index (χ0) is 18.1. The Morgan fingerprint density at radius 2 is 2.08 bits per heavy atom. The number of ether oxygens (including phenoxy) is 2. The number of fused-ring (bicyclic) bond motifs is 1. The number of rotatable bonds is 4. The van der Waals surface area contributed by atoms with Crippen LogP contribution < -0.4 is 0 Å². The number of carbonyl (C=O) groups excluding carboxylic acids is 2. The minimum Gasteiger partial charge on any atom is -0.465 e. The maximum absolute atomic E-state index is 11.5. The third-order valence-corrected chi connectivity index (χ3v) is 5.57. The van der Waals surface area contributed by atoms with Crippen LogP contribution in [0.15, 0.2) is 12.7 Å². The second-order valence-electron chi connectivity index (χ2n) is 5.87. The van der Waals surface area contributed by atoms with Gasteiger partial charge in [-0.2, -0.15) is 0 Å². The molecule has 0 spiro atoms. The van der Waals surface area contributed by atoms with Gasteiger partial charge in [0.25, 0.3) is 0 Å². The summed E-state index contributed by atoms with van der Waals surface area (Å²) in [6.45, 7) is 2.88. The molecule has 0 saturated heterocycles. The number of nitrogens with zero attached hydrogens (tertiary/aromatic N) is 4. The first kappa shape index (κ1) is 18.1. The van der Waals surface area contributed by atoms with Crippen molar-refractivity contribution in [2.45, 2.75) is 37.2 Å². The molecule has 1 aliphatic carbocycles. The monoisotopic (exact) mass is 430 g/mol. The second-order valence-corrected chi connectivity index (χ2v) is 7.29. The SMILES string of the molecule is CC(=O)OC[C@H]1C[C@@H](n2cnc3c(Cl)ncnc32)[C@@H](Br)[C@@H]1OC(C)=O. The van der Waals surface area contributed by atoms with Gasteiger partial charge in [0.15, 0.2) is 10.8 Å². The van der Waals surface area contributed by atoms with Crippen LogP contribution in [-0.4, -0.2) is 49.0 Å². The number of hydrogen-bond donors (Lipinski definition) is 0. The van der Waals surface area contributed by atoms with Crippen molar-refractivity contribution in [2.24, 2.45) is 5.92 Å². The molecule has 1 saturated carbocycles. The van der Waals surface area contributed by atoms with E-state index >= 15 is 0 Å². The molecule has 4 atom stereocenters. The molecule has 1 aliphatic rings. The summed E-state index contributed by atoms with van der Waals surface area (Å²) in [6, 6.07) is -0.0964. The standard InChI is InChI=1S/C15H16BrClN4O4/c1-7(22)24-4-9-3-10(11(16)13(9)25-8(2)23)21-6-20-12-14(17)18-5-19-15(12)21/h5-6,9-11,13H,3-4H2,1-2H3/t9-,10-,11-,13-/m1/s1. The highest BCUT2D eigenvalue weighted by atomic mass is 79.9. The molecule has 8 nitrogen and oxygen atoms in total. The predicted molar refractivity (Wildman–Crippen MR) is 92.4 cm³/mol. The minimum absolute atomic E-state index is 0.0964. The van der Waals surface area contributed by atoms with Crippen LogP contribution in [0, 0.1) is 5.92 Å². The van der Waals surface area contributed by atoms with Crippen LogP contribution in [0.4, 0.5) is 0 Å². The summed E-state index contributed by atoms with van der Waals surface area (Å²) in [5, 5.41) is 0.279. The normalized spacial score (nSPS) is 25.9. The van der Waals surface area contributed by atoms with Crippen LogP contribution >= 0.6 is 27.5 Å². The summed E-state index contributed by atoms with van der Waals surface area (Å²) in [5.74, 6) is -0.899.